The molecule has 0 radical (unpaired) electrons. The number of amides is 1. The van der Waals surface area contributed by atoms with E-state index in [9.17, 15) is 20.2 Å². The predicted molar refractivity (Wildman–Crippen MR) is 104 cm³/mol. The largest absolute Gasteiger partial charge is 0.456 e. The summed E-state index contributed by atoms with van der Waals surface area (Å²) >= 11 is 0. The molecule has 0 aliphatic carbocycles. The van der Waals surface area contributed by atoms with E-state index in [4.69, 9.17) is 4.42 Å². The first-order valence-corrected chi connectivity index (χ1v) is 8.31. The summed E-state index contributed by atoms with van der Waals surface area (Å²) in [7, 11) is 0. The Bertz CT molecular complexity index is 1110. The minimum Gasteiger partial charge on any atom is -0.456 e. The van der Waals surface area contributed by atoms with Gasteiger partial charge in [0.1, 0.15) is 23.2 Å². The van der Waals surface area contributed by atoms with E-state index in [1.54, 1.807) is 55.5 Å². The standard InChI is InChI=1S/C21H15N3O4/c1-14-7-9-18(19(11-14)24(26)27)20-10-8-17(28-20)12-15(13-22)21(25)23-16-5-3-2-4-6-16/h2-12H,1H3,(H,23,25)/b15-12+. The van der Waals surface area contributed by atoms with Crippen LogP contribution in [0.2, 0.25) is 0 Å². The first kappa shape index (κ1) is 18.6. The number of anilines is 1. The van der Waals surface area contributed by atoms with Gasteiger partial charge in [-0.25, -0.2) is 0 Å². The second kappa shape index (κ2) is 8.01. The normalized spacial score (nSPS) is 10.9. The molecule has 7 nitrogen and oxygen atoms in total. The van der Waals surface area contributed by atoms with E-state index < -0.39 is 10.8 Å². The number of hydrogen-bond acceptors (Lipinski definition) is 5. The van der Waals surface area contributed by atoms with Crippen LogP contribution in [0.25, 0.3) is 17.4 Å². The number of nitro groups is 1. The number of nitriles is 1. The maximum Gasteiger partial charge on any atom is 0.280 e. The van der Waals surface area contributed by atoms with Gasteiger partial charge < -0.3 is 9.73 Å². The number of nitrogens with zero attached hydrogens (tertiary/aromatic N) is 2. The SMILES string of the molecule is Cc1ccc(-c2ccc(/C=C(\C#N)C(=O)Nc3ccccc3)o2)c([N+](=O)[O-])c1. The summed E-state index contributed by atoms with van der Waals surface area (Å²) in [6.07, 6.45) is 1.29. The molecule has 0 bridgehead atoms. The van der Waals surface area contributed by atoms with Gasteiger partial charge in [0.05, 0.1) is 10.5 Å². The fourth-order valence-corrected chi connectivity index (χ4v) is 2.59. The van der Waals surface area contributed by atoms with Crippen molar-refractivity contribution in [1.29, 1.82) is 5.26 Å². The molecule has 28 heavy (non-hydrogen) atoms. The van der Waals surface area contributed by atoms with Gasteiger partial charge in [-0.2, -0.15) is 5.26 Å². The van der Waals surface area contributed by atoms with Crippen LogP contribution in [0, 0.1) is 28.4 Å². The van der Waals surface area contributed by atoms with Crippen LogP contribution in [-0.2, 0) is 4.79 Å². The Kier molecular flexibility index (Phi) is 5.33. The third-order valence-electron chi connectivity index (χ3n) is 3.93. The second-order valence-corrected chi connectivity index (χ2v) is 5.97. The summed E-state index contributed by atoms with van der Waals surface area (Å²) in [5, 5.41) is 23.2. The van der Waals surface area contributed by atoms with Crippen molar-refractivity contribution in [2.24, 2.45) is 0 Å². The number of hydrogen-bond donors (Lipinski definition) is 1. The summed E-state index contributed by atoms with van der Waals surface area (Å²) in [6.45, 7) is 1.76. The molecule has 2 aromatic carbocycles. The molecule has 0 saturated heterocycles. The molecule has 1 N–H and O–H groups in total. The molecule has 0 unspecified atom stereocenters. The van der Waals surface area contributed by atoms with Crippen LogP contribution in [0.5, 0.6) is 0 Å². The van der Waals surface area contributed by atoms with E-state index in [2.05, 4.69) is 5.32 Å². The van der Waals surface area contributed by atoms with E-state index in [1.165, 1.54) is 12.1 Å². The van der Waals surface area contributed by atoms with Gasteiger partial charge in [-0.3, -0.25) is 14.9 Å². The number of aryl methyl sites for hydroxylation is 1. The molecule has 3 rings (SSSR count). The molecule has 7 heteroatoms. The Balaban J connectivity index is 1.88. The highest BCUT2D eigenvalue weighted by atomic mass is 16.6. The van der Waals surface area contributed by atoms with Crippen molar-refractivity contribution < 1.29 is 14.1 Å². The molecule has 1 amide bonds. The van der Waals surface area contributed by atoms with Gasteiger partial charge >= 0.3 is 0 Å². The lowest BCUT2D eigenvalue weighted by atomic mass is 10.1. The zero-order chi connectivity index (χ0) is 20.1. The predicted octanol–water partition coefficient (Wildman–Crippen LogP) is 4.71. The fraction of sp³-hybridized carbons (Fsp3) is 0.0476. The number of carbonyl (C=O) groups is 1. The molecule has 0 aliphatic heterocycles. The van der Waals surface area contributed by atoms with Crippen LogP contribution in [0.15, 0.2) is 70.7 Å². The van der Waals surface area contributed by atoms with Crippen LogP contribution < -0.4 is 5.32 Å². The lowest BCUT2D eigenvalue weighted by Crippen LogP contribution is -2.13. The highest BCUT2D eigenvalue weighted by molar-refractivity contribution is 6.09. The molecule has 3 aromatic rings. The van der Waals surface area contributed by atoms with Crippen molar-refractivity contribution in [3.05, 3.63) is 87.7 Å². The summed E-state index contributed by atoms with van der Waals surface area (Å²) in [4.78, 5) is 23.1. The number of nitro benzene ring substituents is 1. The van der Waals surface area contributed by atoms with Gasteiger partial charge in [0.2, 0.25) is 0 Å². The average Bonchev–Trinajstić information content (AvgIpc) is 3.15. The molecule has 0 saturated carbocycles. The minimum absolute atomic E-state index is 0.0767. The zero-order valence-electron chi connectivity index (χ0n) is 14.9. The maximum atomic E-state index is 12.3. The Morgan fingerprint density at radius 1 is 1.18 bits per heavy atom. The van der Waals surface area contributed by atoms with Crippen LogP contribution in [0.1, 0.15) is 11.3 Å². The molecule has 138 valence electrons. The number of rotatable bonds is 5. The summed E-state index contributed by atoms with van der Waals surface area (Å²) in [6, 6.07) is 18.5. The van der Waals surface area contributed by atoms with E-state index in [-0.39, 0.29) is 22.8 Å². The van der Waals surface area contributed by atoms with Gasteiger partial charge in [0, 0.05) is 17.8 Å². The van der Waals surface area contributed by atoms with Crippen molar-refractivity contribution in [3.8, 4) is 17.4 Å². The second-order valence-electron chi connectivity index (χ2n) is 5.97. The van der Waals surface area contributed by atoms with Crippen molar-refractivity contribution in [3.63, 3.8) is 0 Å². The third kappa shape index (κ3) is 4.14. The van der Waals surface area contributed by atoms with Crippen LogP contribution in [0.4, 0.5) is 11.4 Å². The number of benzene rings is 2. The Morgan fingerprint density at radius 2 is 1.93 bits per heavy atom. The lowest BCUT2D eigenvalue weighted by Gasteiger charge is -2.03. The quantitative estimate of drug-likeness (QED) is 0.301. The maximum absolute atomic E-state index is 12.3. The first-order chi connectivity index (χ1) is 13.5. The van der Waals surface area contributed by atoms with Crippen molar-refractivity contribution in [2.45, 2.75) is 6.92 Å². The highest BCUT2D eigenvalue weighted by Gasteiger charge is 2.18. The summed E-state index contributed by atoms with van der Waals surface area (Å²) in [5.41, 5.74) is 1.41. The van der Waals surface area contributed by atoms with Crippen LogP contribution in [0.3, 0.4) is 0 Å². The average molecular weight is 373 g/mol. The van der Waals surface area contributed by atoms with Gasteiger partial charge in [0.25, 0.3) is 11.6 Å². The Labute approximate surface area is 160 Å². The Hall–Kier alpha value is -4.18. The van der Waals surface area contributed by atoms with Crippen molar-refractivity contribution in [2.75, 3.05) is 5.32 Å². The zero-order valence-corrected chi connectivity index (χ0v) is 14.9. The number of furan rings is 1. The highest BCUT2D eigenvalue weighted by Crippen LogP contribution is 2.32. The smallest absolute Gasteiger partial charge is 0.280 e. The van der Waals surface area contributed by atoms with Gasteiger partial charge in [-0.05, 0) is 42.8 Å². The van der Waals surface area contributed by atoms with E-state index in [0.29, 0.717) is 11.3 Å². The lowest BCUT2D eigenvalue weighted by molar-refractivity contribution is -0.384. The third-order valence-corrected chi connectivity index (χ3v) is 3.93. The van der Waals surface area contributed by atoms with Gasteiger partial charge in [-0.15, -0.1) is 0 Å². The molecule has 0 fully saturated rings. The van der Waals surface area contributed by atoms with Crippen molar-refractivity contribution >= 4 is 23.4 Å². The molecule has 0 spiro atoms. The topological polar surface area (TPSA) is 109 Å². The van der Waals surface area contributed by atoms with Crippen molar-refractivity contribution in [1.82, 2.24) is 0 Å². The fourth-order valence-electron chi connectivity index (χ4n) is 2.59. The molecule has 0 aliphatic rings. The number of carbonyl (C=O) groups excluding carboxylic acids is 1. The van der Waals surface area contributed by atoms with E-state index in [0.717, 1.165) is 5.56 Å². The number of para-hydroxylation sites is 1. The summed E-state index contributed by atoms with van der Waals surface area (Å²) in [5.74, 6) is -0.0590. The monoisotopic (exact) mass is 373 g/mol. The molecule has 1 aromatic heterocycles. The van der Waals surface area contributed by atoms with E-state index >= 15 is 0 Å². The van der Waals surface area contributed by atoms with E-state index in [1.807, 2.05) is 12.1 Å². The minimum atomic E-state index is -0.576. The molecule has 0 atom stereocenters. The molecular formula is C21H15N3O4. The van der Waals surface area contributed by atoms with Crippen LogP contribution >= 0.6 is 0 Å². The van der Waals surface area contributed by atoms with Crippen LogP contribution in [-0.4, -0.2) is 10.8 Å². The Morgan fingerprint density at radius 3 is 2.61 bits per heavy atom. The summed E-state index contributed by atoms with van der Waals surface area (Å²) < 4.78 is 5.62. The van der Waals surface area contributed by atoms with Gasteiger partial charge in [0.15, 0.2) is 0 Å². The molecule has 1 heterocycles. The number of nitrogens with one attached hydrogen (secondary N) is 1. The first-order valence-electron chi connectivity index (χ1n) is 8.31. The molecular weight excluding hydrogens is 358 g/mol. The van der Waals surface area contributed by atoms with Gasteiger partial charge in [-0.1, -0.05) is 24.3 Å².